The van der Waals surface area contributed by atoms with Gasteiger partial charge >= 0.3 is 0 Å². The summed E-state index contributed by atoms with van der Waals surface area (Å²) in [5, 5.41) is 15.6. The number of amides is 1. The van der Waals surface area contributed by atoms with Gasteiger partial charge in [-0.05, 0) is 56.0 Å². The van der Waals surface area contributed by atoms with Crippen LogP contribution in [0.15, 0.2) is 30.3 Å². The fourth-order valence-electron chi connectivity index (χ4n) is 4.36. The molecule has 8 heteroatoms. The van der Waals surface area contributed by atoms with Gasteiger partial charge in [-0.2, -0.15) is 10.2 Å². The average molecular weight is 426 g/mol. The molecule has 0 saturated carbocycles. The molecule has 2 aromatic heterocycles. The minimum Gasteiger partial charge on any atom is -0.493 e. The zero-order valence-electron chi connectivity index (χ0n) is 16.7. The van der Waals surface area contributed by atoms with E-state index >= 15 is 0 Å². The van der Waals surface area contributed by atoms with Crippen LogP contribution in [0.5, 0.6) is 5.75 Å². The summed E-state index contributed by atoms with van der Waals surface area (Å²) in [5.41, 5.74) is 4.91. The Labute approximate surface area is 179 Å². The maximum Gasteiger partial charge on any atom is 0.274 e. The molecule has 30 heavy (non-hydrogen) atoms. The zero-order chi connectivity index (χ0) is 20.5. The molecule has 0 unspecified atom stereocenters. The first-order valence-electron chi connectivity index (χ1n) is 10.5. The molecule has 1 atom stereocenters. The van der Waals surface area contributed by atoms with E-state index < -0.39 is 0 Å². The number of nitrogens with one attached hydrogen (secondary N) is 2. The molecule has 1 amide bonds. The van der Waals surface area contributed by atoms with Gasteiger partial charge in [-0.25, -0.2) is 0 Å². The number of aromatic amines is 2. The van der Waals surface area contributed by atoms with Gasteiger partial charge in [0.15, 0.2) is 5.69 Å². The van der Waals surface area contributed by atoms with Gasteiger partial charge in [0.2, 0.25) is 0 Å². The zero-order valence-corrected chi connectivity index (χ0v) is 17.4. The summed E-state index contributed by atoms with van der Waals surface area (Å²) < 4.78 is 5.76. The Bertz CT molecular complexity index is 1040. The van der Waals surface area contributed by atoms with Crippen molar-refractivity contribution in [3.63, 3.8) is 0 Å². The second kappa shape index (κ2) is 8.14. The highest BCUT2D eigenvalue weighted by Gasteiger charge is 2.33. The molecule has 156 valence electrons. The third-order valence-corrected chi connectivity index (χ3v) is 6.26. The SMILES string of the molecule is O=C(c1n[nH]c2c1CCC2)N1CC[C@@H](c2cc(CCOc3ccc(Cl)cc3)[nH]n2)C1. The van der Waals surface area contributed by atoms with Crippen molar-refractivity contribution < 1.29 is 9.53 Å². The van der Waals surface area contributed by atoms with Gasteiger partial charge in [-0.3, -0.25) is 15.0 Å². The Morgan fingerprint density at radius 2 is 2.07 bits per heavy atom. The van der Waals surface area contributed by atoms with Crippen molar-refractivity contribution >= 4 is 17.5 Å². The van der Waals surface area contributed by atoms with E-state index in [9.17, 15) is 4.79 Å². The number of nitrogens with zero attached hydrogens (tertiary/aromatic N) is 3. The lowest BCUT2D eigenvalue weighted by Crippen LogP contribution is -2.29. The van der Waals surface area contributed by atoms with E-state index in [1.54, 1.807) is 0 Å². The maximum atomic E-state index is 12.9. The largest absolute Gasteiger partial charge is 0.493 e. The van der Waals surface area contributed by atoms with Crippen LogP contribution in [0, 0.1) is 0 Å². The molecule has 3 aromatic rings. The van der Waals surface area contributed by atoms with E-state index in [1.807, 2.05) is 29.2 Å². The van der Waals surface area contributed by atoms with Crippen LogP contribution in [0.2, 0.25) is 5.02 Å². The van der Waals surface area contributed by atoms with E-state index in [4.69, 9.17) is 16.3 Å². The van der Waals surface area contributed by atoms with E-state index in [2.05, 4.69) is 26.5 Å². The molecule has 1 aromatic carbocycles. The summed E-state index contributed by atoms with van der Waals surface area (Å²) in [6, 6.07) is 9.44. The third kappa shape index (κ3) is 3.81. The minimum absolute atomic E-state index is 0.0454. The number of likely N-dealkylation sites (tertiary alicyclic amines) is 1. The summed E-state index contributed by atoms with van der Waals surface area (Å²) >= 11 is 5.89. The standard InChI is InChI=1S/C22H24ClN5O2/c23-15-4-6-17(7-5-15)30-11-9-16-12-20(26-24-16)14-8-10-28(13-14)22(29)21-18-2-1-3-19(18)25-27-21/h4-7,12,14H,1-3,8-11,13H2,(H,24,26)(H,25,27)/t14-/m1/s1. The quantitative estimate of drug-likeness (QED) is 0.632. The molecule has 0 radical (unpaired) electrons. The monoisotopic (exact) mass is 425 g/mol. The second-order valence-electron chi connectivity index (χ2n) is 7.99. The van der Waals surface area contributed by atoms with Crippen molar-refractivity contribution in [2.75, 3.05) is 19.7 Å². The number of halogens is 1. The third-order valence-electron chi connectivity index (χ3n) is 6.01. The minimum atomic E-state index is 0.0454. The van der Waals surface area contributed by atoms with E-state index in [-0.39, 0.29) is 11.8 Å². The number of aromatic nitrogens is 4. The van der Waals surface area contributed by atoms with Crippen molar-refractivity contribution in [2.24, 2.45) is 0 Å². The molecule has 1 fully saturated rings. The number of benzene rings is 1. The first-order valence-corrected chi connectivity index (χ1v) is 10.8. The average Bonchev–Trinajstić information content (AvgIpc) is 3.52. The molecule has 7 nitrogen and oxygen atoms in total. The normalized spacial score (nSPS) is 18.0. The lowest BCUT2D eigenvalue weighted by atomic mass is 10.0. The fourth-order valence-corrected chi connectivity index (χ4v) is 4.48. The summed E-state index contributed by atoms with van der Waals surface area (Å²) in [4.78, 5) is 14.9. The van der Waals surface area contributed by atoms with E-state index in [0.29, 0.717) is 23.9 Å². The number of hydrogen-bond donors (Lipinski definition) is 2. The van der Waals surface area contributed by atoms with Crippen LogP contribution in [0.25, 0.3) is 0 Å². The van der Waals surface area contributed by atoms with Crippen molar-refractivity contribution in [1.29, 1.82) is 0 Å². The van der Waals surface area contributed by atoms with Crippen molar-refractivity contribution in [2.45, 2.75) is 38.0 Å². The van der Waals surface area contributed by atoms with Crippen LogP contribution in [0.4, 0.5) is 0 Å². The molecule has 3 heterocycles. The number of H-pyrrole nitrogens is 2. The van der Waals surface area contributed by atoms with Gasteiger partial charge in [-0.1, -0.05) is 11.6 Å². The molecule has 1 aliphatic carbocycles. The molecule has 0 spiro atoms. The van der Waals surface area contributed by atoms with Gasteiger partial charge in [0.05, 0.1) is 12.3 Å². The number of rotatable bonds is 6. The number of hydrogen-bond acceptors (Lipinski definition) is 4. The van der Waals surface area contributed by atoms with Crippen LogP contribution >= 0.6 is 11.6 Å². The first kappa shape index (κ1) is 19.2. The van der Waals surface area contributed by atoms with Crippen molar-refractivity contribution in [1.82, 2.24) is 25.3 Å². The van der Waals surface area contributed by atoms with Crippen LogP contribution in [-0.2, 0) is 19.3 Å². The molecule has 1 aliphatic heterocycles. The maximum absolute atomic E-state index is 12.9. The fraction of sp³-hybridized carbons (Fsp3) is 0.409. The van der Waals surface area contributed by atoms with Crippen LogP contribution in [0.3, 0.4) is 0 Å². The van der Waals surface area contributed by atoms with Gasteiger partial charge in [0.1, 0.15) is 5.75 Å². The van der Waals surface area contributed by atoms with Crippen LogP contribution in [0.1, 0.15) is 51.9 Å². The van der Waals surface area contributed by atoms with Crippen LogP contribution < -0.4 is 4.74 Å². The molecule has 2 N–H and O–H groups in total. The number of carbonyl (C=O) groups is 1. The molecule has 2 aliphatic rings. The number of ether oxygens (including phenoxy) is 1. The Morgan fingerprint density at radius 1 is 1.20 bits per heavy atom. The Balaban J connectivity index is 1.16. The highest BCUT2D eigenvalue weighted by molar-refractivity contribution is 6.30. The number of fused-ring (bicyclic) bond motifs is 1. The lowest BCUT2D eigenvalue weighted by molar-refractivity contribution is 0.0783. The number of aryl methyl sites for hydroxylation is 1. The van der Waals surface area contributed by atoms with Gasteiger partial charge in [0.25, 0.3) is 5.91 Å². The number of carbonyl (C=O) groups excluding carboxylic acids is 1. The summed E-state index contributed by atoms with van der Waals surface area (Å²) in [6.07, 6.45) is 4.71. The molecular weight excluding hydrogens is 402 g/mol. The van der Waals surface area contributed by atoms with Gasteiger partial charge in [-0.15, -0.1) is 0 Å². The molecule has 0 bridgehead atoms. The predicted molar refractivity (Wildman–Crippen MR) is 113 cm³/mol. The molecule has 5 rings (SSSR count). The predicted octanol–water partition coefficient (Wildman–Crippen LogP) is 3.53. The van der Waals surface area contributed by atoms with Gasteiger partial charge < -0.3 is 9.64 Å². The lowest BCUT2D eigenvalue weighted by Gasteiger charge is -2.15. The topological polar surface area (TPSA) is 86.9 Å². The Hall–Kier alpha value is -2.80. The van der Waals surface area contributed by atoms with Crippen molar-refractivity contribution in [3.8, 4) is 5.75 Å². The second-order valence-corrected chi connectivity index (χ2v) is 8.43. The van der Waals surface area contributed by atoms with Crippen molar-refractivity contribution in [3.05, 3.63) is 63.7 Å². The summed E-state index contributed by atoms with van der Waals surface area (Å²) in [5.74, 6) is 1.10. The van der Waals surface area contributed by atoms with E-state index in [0.717, 1.165) is 67.0 Å². The molecule has 1 saturated heterocycles. The summed E-state index contributed by atoms with van der Waals surface area (Å²) in [6.45, 7) is 1.99. The smallest absolute Gasteiger partial charge is 0.274 e. The summed E-state index contributed by atoms with van der Waals surface area (Å²) in [7, 11) is 0. The highest BCUT2D eigenvalue weighted by Crippen LogP contribution is 2.29. The van der Waals surface area contributed by atoms with Gasteiger partial charge in [0, 0.05) is 47.4 Å². The Morgan fingerprint density at radius 3 is 2.93 bits per heavy atom. The van der Waals surface area contributed by atoms with E-state index in [1.165, 1.54) is 0 Å². The first-order chi connectivity index (χ1) is 14.7. The highest BCUT2D eigenvalue weighted by atomic mass is 35.5. The molecular formula is C22H24ClN5O2. The van der Waals surface area contributed by atoms with Crippen LogP contribution in [-0.4, -0.2) is 50.9 Å². The Kier molecular flexibility index (Phi) is 5.21.